The molecule has 1 amide bonds. The standard InChI is InChI=1S/C19H22N2O2/c22-19(21-13-11-15-10-12-20-14-15)17-8-4-5-9-18(17)23-16-6-2-1-3-7-16/h1-9,15,20H,10-14H2,(H,21,22). The van der Waals surface area contributed by atoms with E-state index in [1.54, 1.807) is 6.07 Å². The first-order valence-corrected chi connectivity index (χ1v) is 8.14. The highest BCUT2D eigenvalue weighted by Gasteiger charge is 2.16. The Kier molecular flexibility index (Phi) is 5.27. The summed E-state index contributed by atoms with van der Waals surface area (Å²) in [7, 11) is 0. The Hall–Kier alpha value is -2.33. The van der Waals surface area contributed by atoms with Gasteiger partial charge in [0.15, 0.2) is 0 Å². The first kappa shape index (κ1) is 15.6. The molecule has 4 heteroatoms. The third-order valence-electron chi connectivity index (χ3n) is 4.10. The van der Waals surface area contributed by atoms with Gasteiger partial charge in [0, 0.05) is 6.54 Å². The van der Waals surface area contributed by atoms with Gasteiger partial charge in [-0.15, -0.1) is 0 Å². The summed E-state index contributed by atoms with van der Waals surface area (Å²) < 4.78 is 5.84. The number of rotatable bonds is 6. The molecule has 0 bridgehead atoms. The molecule has 4 nitrogen and oxygen atoms in total. The fourth-order valence-electron chi connectivity index (χ4n) is 2.80. The lowest BCUT2D eigenvalue weighted by molar-refractivity contribution is 0.0949. The maximum absolute atomic E-state index is 12.4. The Morgan fingerprint density at radius 1 is 1.13 bits per heavy atom. The van der Waals surface area contributed by atoms with Crippen molar-refractivity contribution < 1.29 is 9.53 Å². The number of hydrogen-bond donors (Lipinski definition) is 2. The van der Waals surface area contributed by atoms with Crippen LogP contribution >= 0.6 is 0 Å². The first-order chi connectivity index (χ1) is 11.3. The minimum atomic E-state index is -0.0810. The van der Waals surface area contributed by atoms with Crippen molar-refractivity contribution in [3.63, 3.8) is 0 Å². The van der Waals surface area contributed by atoms with Gasteiger partial charge in [0.05, 0.1) is 5.56 Å². The number of carbonyl (C=O) groups is 1. The smallest absolute Gasteiger partial charge is 0.255 e. The molecular formula is C19H22N2O2. The van der Waals surface area contributed by atoms with E-state index in [4.69, 9.17) is 4.74 Å². The number of ether oxygens (including phenoxy) is 1. The predicted molar refractivity (Wildman–Crippen MR) is 90.9 cm³/mol. The van der Waals surface area contributed by atoms with Crippen LogP contribution in [0.1, 0.15) is 23.2 Å². The van der Waals surface area contributed by atoms with Crippen LogP contribution in [-0.2, 0) is 0 Å². The van der Waals surface area contributed by atoms with Gasteiger partial charge in [-0.05, 0) is 56.1 Å². The molecule has 0 saturated carbocycles. The second-order valence-corrected chi connectivity index (χ2v) is 5.81. The van der Waals surface area contributed by atoms with Gasteiger partial charge in [0.25, 0.3) is 5.91 Å². The van der Waals surface area contributed by atoms with Crippen molar-refractivity contribution in [1.82, 2.24) is 10.6 Å². The zero-order valence-electron chi connectivity index (χ0n) is 13.1. The zero-order chi connectivity index (χ0) is 15.9. The molecule has 1 saturated heterocycles. The van der Waals surface area contributed by atoms with Crippen molar-refractivity contribution >= 4 is 5.91 Å². The summed E-state index contributed by atoms with van der Waals surface area (Å²) in [5.74, 6) is 1.90. The lowest BCUT2D eigenvalue weighted by Crippen LogP contribution is -2.26. The summed E-state index contributed by atoms with van der Waals surface area (Å²) in [5, 5.41) is 6.35. The van der Waals surface area contributed by atoms with Crippen LogP contribution in [0, 0.1) is 5.92 Å². The Morgan fingerprint density at radius 3 is 2.70 bits per heavy atom. The molecule has 120 valence electrons. The van der Waals surface area contributed by atoms with Gasteiger partial charge < -0.3 is 15.4 Å². The maximum atomic E-state index is 12.4. The van der Waals surface area contributed by atoms with Gasteiger partial charge in [-0.3, -0.25) is 4.79 Å². The van der Waals surface area contributed by atoms with Crippen molar-refractivity contribution in [3.05, 3.63) is 60.2 Å². The maximum Gasteiger partial charge on any atom is 0.255 e. The summed E-state index contributed by atoms with van der Waals surface area (Å²) >= 11 is 0. The van der Waals surface area contributed by atoms with E-state index >= 15 is 0 Å². The molecule has 1 aliphatic rings. The molecular weight excluding hydrogens is 288 g/mol. The molecule has 0 aliphatic carbocycles. The Morgan fingerprint density at radius 2 is 1.91 bits per heavy atom. The molecule has 0 aromatic heterocycles. The summed E-state index contributed by atoms with van der Waals surface area (Å²) in [4.78, 5) is 12.4. The van der Waals surface area contributed by atoms with Crippen molar-refractivity contribution in [1.29, 1.82) is 0 Å². The molecule has 1 unspecified atom stereocenters. The topological polar surface area (TPSA) is 50.4 Å². The van der Waals surface area contributed by atoms with Gasteiger partial charge in [-0.2, -0.15) is 0 Å². The van der Waals surface area contributed by atoms with E-state index in [-0.39, 0.29) is 5.91 Å². The SMILES string of the molecule is O=C(NCCC1CCNC1)c1ccccc1Oc1ccccc1. The molecule has 2 aromatic rings. The number of amides is 1. The van der Waals surface area contributed by atoms with Crippen molar-refractivity contribution in [2.45, 2.75) is 12.8 Å². The second-order valence-electron chi connectivity index (χ2n) is 5.81. The second kappa shape index (κ2) is 7.79. The molecule has 1 fully saturated rings. The van der Waals surface area contributed by atoms with E-state index < -0.39 is 0 Å². The molecule has 1 atom stereocenters. The molecule has 1 heterocycles. The summed E-state index contributed by atoms with van der Waals surface area (Å²) in [6, 6.07) is 16.9. The van der Waals surface area contributed by atoms with Crippen molar-refractivity contribution in [3.8, 4) is 11.5 Å². The monoisotopic (exact) mass is 310 g/mol. The van der Waals surface area contributed by atoms with E-state index in [1.807, 2.05) is 48.5 Å². The van der Waals surface area contributed by atoms with Crippen LogP contribution in [-0.4, -0.2) is 25.5 Å². The molecule has 23 heavy (non-hydrogen) atoms. The van der Waals surface area contributed by atoms with Gasteiger partial charge in [-0.1, -0.05) is 30.3 Å². The lowest BCUT2D eigenvalue weighted by atomic mass is 10.1. The van der Waals surface area contributed by atoms with E-state index in [1.165, 1.54) is 6.42 Å². The minimum absolute atomic E-state index is 0.0810. The van der Waals surface area contributed by atoms with Crippen LogP contribution in [0.3, 0.4) is 0 Å². The van der Waals surface area contributed by atoms with Crippen LogP contribution < -0.4 is 15.4 Å². The molecule has 0 radical (unpaired) electrons. The number of para-hydroxylation sites is 2. The summed E-state index contributed by atoms with van der Waals surface area (Å²) in [6.07, 6.45) is 2.21. The van der Waals surface area contributed by atoms with E-state index in [0.29, 0.717) is 23.8 Å². The Bertz CT molecular complexity index is 637. The zero-order valence-corrected chi connectivity index (χ0v) is 13.1. The van der Waals surface area contributed by atoms with E-state index in [0.717, 1.165) is 25.3 Å². The Labute approximate surface area is 136 Å². The predicted octanol–water partition coefficient (Wildman–Crippen LogP) is 3.21. The fraction of sp³-hybridized carbons (Fsp3) is 0.316. The highest BCUT2D eigenvalue weighted by molar-refractivity contribution is 5.97. The molecule has 2 aromatic carbocycles. The average molecular weight is 310 g/mol. The van der Waals surface area contributed by atoms with Crippen LogP contribution in [0.15, 0.2) is 54.6 Å². The van der Waals surface area contributed by atoms with Crippen molar-refractivity contribution in [2.75, 3.05) is 19.6 Å². The summed E-state index contributed by atoms with van der Waals surface area (Å²) in [6.45, 7) is 2.85. The van der Waals surface area contributed by atoms with Crippen LogP contribution in [0.2, 0.25) is 0 Å². The highest BCUT2D eigenvalue weighted by Crippen LogP contribution is 2.25. The quantitative estimate of drug-likeness (QED) is 0.861. The minimum Gasteiger partial charge on any atom is -0.457 e. The first-order valence-electron chi connectivity index (χ1n) is 8.14. The van der Waals surface area contributed by atoms with Crippen LogP contribution in [0.4, 0.5) is 0 Å². The molecule has 1 aliphatic heterocycles. The lowest BCUT2D eigenvalue weighted by Gasteiger charge is -2.12. The van der Waals surface area contributed by atoms with Crippen LogP contribution in [0.5, 0.6) is 11.5 Å². The van der Waals surface area contributed by atoms with E-state index in [9.17, 15) is 4.79 Å². The molecule has 3 rings (SSSR count). The largest absolute Gasteiger partial charge is 0.457 e. The van der Waals surface area contributed by atoms with E-state index in [2.05, 4.69) is 10.6 Å². The van der Waals surface area contributed by atoms with Crippen LogP contribution in [0.25, 0.3) is 0 Å². The van der Waals surface area contributed by atoms with Gasteiger partial charge in [-0.25, -0.2) is 0 Å². The Balaban J connectivity index is 1.61. The third-order valence-corrected chi connectivity index (χ3v) is 4.10. The molecule has 0 spiro atoms. The van der Waals surface area contributed by atoms with Crippen molar-refractivity contribution in [2.24, 2.45) is 5.92 Å². The fourth-order valence-corrected chi connectivity index (χ4v) is 2.80. The normalized spacial score (nSPS) is 17.0. The number of carbonyl (C=O) groups excluding carboxylic acids is 1. The molecule has 2 N–H and O–H groups in total. The van der Waals surface area contributed by atoms with Gasteiger partial charge >= 0.3 is 0 Å². The van der Waals surface area contributed by atoms with Gasteiger partial charge in [0.2, 0.25) is 0 Å². The average Bonchev–Trinajstić information content (AvgIpc) is 3.09. The number of hydrogen-bond acceptors (Lipinski definition) is 3. The van der Waals surface area contributed by atoms with Gasteiger partial charge in [0.1, 0.15) is 11.5 Å². The summed E-state index contributed by atoms with van der Waals surface area (Å²) in [5.41, 5.74) is 0.570. The highest BCUT2D eigenvalue weighted by atomic mass is 16.5. The third kappa shape index (κ3) is 4.33. The number of nitrogens with one attached hydrogen (secondary N) is 2. The number of benzene rings is 2.